The van der Waals surface area contributed by atoms with E-state index in [1.165, 1.54) is 41.1 Å². The average Bonchev–Trinajstić information content (AvgIpc) is 3.43. The van der Waals surface area contributed by atoms with E-state index in [0.29, 0.717) is 27.4 Å². The monoisotopic (exact) mass is 455 g/mol. The topological polar surface area (TPSA) is 67.6 Å². The summed E-state index contributed by atoms with van der Waals surface area (Å²) in [6, 6.07) is 6.21. The molecular weight excluding hydrogens is 429 g/mol. The molecule has 0 bridgehead atoms. The van der Waals surface area contributed by atoms with Crippen molar-refractivity contribution in [2.75, 3.05) is 26.2 Å². The Bertz CT molecular complexity index is 1220. The number of fused-ring (bicyclic) bond motifs is 1. The molecule has 0 radical (unpaired) electrons. The standard InChI is InChI=1S/C24H26FN3O3S/c1-16(2)21(29)7-6-18-14-20-23(32-18)24(30)28(15-26-20)17-5-8-22(19(25)13-17)31-12-11-27-9-3-4-10-27/h5,8,13-16,21,29H,3-4,9-12H2,1-2H3. The van der Waals surface area contributed by atoms with Crippen LogP contribution in [0.5, 0.6) is 5.75 Å². The average molecular weight is 456 g/mol. The lowest BCUT2D eigenvalue weighted by Crippen LogP contribution is -2.25. The number of thiophene rings is 1. The van der Waals surface area contributed by atoms with Crippen LogP contribution >= 0.6 is 11.3 Å². The second-order valence-corrected chi connectivity index (χ2v) is 9.27. The summed E-state index contributed by atoms with van der Waals surface area (Å²) in [7, 11) is 0. The Morgan fingerprint density at radius 1 is 1.28 bits per heavy atom. The smallest absolute Gasteiger partial charge is 0.275 e. The van der Waals surface area contributed by atoms with Crippen LogP contribution in [0.3, 0.4) is 0 Å². The number of aliphatic hydroxyl groups excluding tert-OH is 1. The molecule has 1 aromatic carbocycles. The third-order valence-electron chi connectivity index (χ3n) is 5.47. The Morgan fingerprint density at radius 2 is 2.06 bits per heavy atom. The number of hydrogen-bond donors (Lipinski definition) is 1. The first-order valence-electron chi connectivity index (χ1n) is 10.8. The van der Waals surface area contributed by atoms with Gasteiger partial charge in [0.2, 0.25) is 0 Å². The fourth-order valence-corrected chi connectivity index (χ4v) is 4.42. The molecule has 3 aromatic rings. The number of halogens is 1. The molecule has 1 aliphatic rings. The summed E-state index contributed by atoms with van der Waals surface area (Å²) >= 11 is 1.21. The second kappa shape index (κ2) is 9.82. The molecule has 0 spiro atoms. The summed E-state index contributed by atoms with van der Waals surface area (Å²) in [6.07, 6.45) is 3.06. The number of aliphatic hydroxyl groups is 1. The van der Waals surface area contributed by atoms with E-state index in [1.54, 1.807) is 18.2 Å². The van der Waals surface area contributed by atoms with Gasteiger partial charge in [0.05, 0.1) is 16.1 Å². The van der Waals surface area contributed by atoms with Crippen LogP contribution in [0, 0.1) is 23.6 Å². The van der Waals surface area contributed by atoms with Crippen LogP contribution in [0.25, 0.3) is 15.9 Å². The number of benzene rings is 1. The summed E-state index contributed by atoms with van der Waals surface area (Å²) in [4.78, 5) is 20.3. The van der Waals surface area contributed by atoms with Gasteiger partial charge in [-0.05, 0) is 50.0 Å². The maximum atomic E-state index is 14.6. The third kappa shape index (κ3) is 5.01. The number of ether oxygens (including phenoxy) is 1. The van der Waals surface area contributed by atoms with Gasteiger partial charge in [0.15, 0.2) is 11.6 Å². The van der Waals surface area contributed by atoms with E-state index in [9.17, 15) is 14.3 Å². The van der Waals surface area contributed by atoms with Crippen molar-refractivity contribution < 1.29 is 14.2 Å². The predicted octanol–water partition coefficient (Wildman–Crippen LogP) is 3.43. The number of rotatable bonds is 6. The highest BCUT2D eigenvalue weighted by molar-refractivity contribution is 7.19. The molecule has 1 aliphatic heterocycles. The number of hydrogen-bond acceptors (Lipinski definition) is 6. The lowest BCUT2D eigenvalue weighted by Gasteiger charge is -2.15. The first-order chi connectivity index (χ1) is 15.4. The Kier molecular flexibility index (Phi) is 6.89. The molecule has 6 nitrogen and oxygen atoms in total. The lowest BCUT2D eigenvalue weighted by atomic mass is 10.1. The highest BCUT2D eigenvalue weighted by Gasteiger charge is 2.14. The molecule has 32 heavy (non-hydrogen) atoms. The van der Waals surface area contributed by atoms with Crippen molar-refractivity contribution in [1.82, 2.24) is 14.5 Å². The van der Waals surface area contributed by atoms with Gasteiger partial charge in [-0.3, -0.25) is 14.3 Å². The van der Waals surface area contributed by atoms with Crippen molar-refractivity contribution in [3.63, 3.8) is 0 Å². The lowest BCUT2D eigenvalue weighted by molar-refractivity contribution is 0.181. The molecular formula is C24H26FN3O3S. The SMILES string of the molecule is CC(C)C(O)C#Cc1cc2ncn(-c3ccc(OCCN4CCCC4)c(F)c3)c(=O)c2s1. The Labute approximate surface area is 190 Å². The second-order valence-electron chi connectivity index (χ2n) is 8.21. The minimum atomic E-state index is -0.733. The van der Waals surface area contributed by atoms with Gasteiger partial charge in [0.1, 0.15) is 23.7 Å². The quantitative estimate of drug-likeness (QED) is 0.577. The number of likely N-dealkylation sites (tertiary alicyclic amines) is 1. The predicted molar refractivity (Wildman–Crippen MR) is 124 cm³/mol. The van der Waals surface area contributed by atoms with Gasteiger partial charge in [-0.1, -0.05) is 25.7 Å². The third-order valence-corrected chi connectivity index (χ3v) is 6.50. The number of nitrogens with zero attached hydrogens (tertiary/aromatic N) is 3. The van der Waals surface area contributed by atoms with Crippen molar-refractivity contribution >= 4 is 21.6 Å². The molecule has 3 heterocycles. The molecule has 1 fully saturated rings. The van der Waals surface area contributed by atoms with Crippen molar-refractivity contribution in [3.05, 3.63) is 51.6 Å². The van der Waals surface area contributed by atoms with Gasteiger partial charge in [-0.15, -0.1) is 11.3 Å². The largest absolute Gasteiger partial charge is 0.489 e. The molecule has 1 unspecified atom stereocenters. The molecule has 2 aromatic heterocycles. The summed E-state index contributed by atoms with van der Waals surface area (Å²) in [5, 5.41) is 9.87. The first-order valence-corrected chi connectivity index (χ1v) is 11.6. The maximum absolute atomic E-state index is 14.6. The molecule has 168 valence electrons. The van der Waals surface area contributed by atoms with E-state index in [2.05, 4.69) is 21.7 Å². The van der Waals surface area contributed by atoms with Crippen LogP contribution < -0.4 is 10.3 Å². The molecule has 0 aliphatic carbocycles. The van der Waals surface area contributed by atoms with Gasteiger partial charge in [-0.2, -0.15) is 0 Å². The normalized spacial score (nSPS) is 15.2. The molecule has 1 saturated heterocycles. The van der Waals surface area contributed by atoms with E-state index >= 15 is 0 Å². The van der Waals surface area contributed by atoms with Gasteiger partial charge in [0, 0.05) is 12.6 Å². The summed E-state index contributed by atoms with van der Waals surface area (Å²) < 4.78 is 22.0. The zero-order valence-corrected chi connectivity index (χ0v) is 19.0. The van der Waals surface area contributed by atoms with Crippen LogP contribution in [0.4, 0.5) is 4.39 Å². The van der Waals surface area contributed by atoms with Crippen LogP contribution in [0.2, 0.25) is 0 Å². The van der Waals surface area contributed by atoms with Gasteiger partial charge in [0.25, 0.3) is 5.56 Å². The fourth-order valence-electron chi connectivity index (χ4n) is 3.52. The molecule has 8 heteroatoms. The molecule has 4 rings (SSSR count). The van der Waals surface area contributed by atoms with E-state index < -0.39 is 11.9 Å². The zero-order chi connectivity index (χ0) is 22.7. The molecule has 1 N–H and O–H groups in total. The Hall–Kier alpha value is -2.73. The van der Waals surface area contributed by atoms with Gasteiger partial charge in [-0.25, -0.2) is 9.37 Å². The van der Waals surface area contributed by atoms with E-state index in [1.807, 2.05) is 13.8 Å². The minimum Gasteiger partial charge on any atom is -0.489 e. The summed E-state index contributed by atoms with van der Waals surface area (Å²) in [5.41, 5.74) is 0.617. The van der Waals surface area contributed by atoms with Gasteiger partial charge < -0.3 is 9.84 Å². The first kappa shape index (κ1) is 22.5. The van der Waals surface area contributed by atoms with Crippen LogP contribution in [-0.4, -0.2) is 51.9 Å². The summed E-state index contributed by atoms with van der Waals surface area (Å²) in [6.45, 7) is 7.10. The van der Waals surface area contributed by atoms with Crippen LogP contribution in [0.1, 0.15) is 31.6 Å². The van der Waals surface area contributed by atoms with Crippen molar-refractivity contribution in [3.8, 4) is 23.3 Å². The maximum Gasteiger partial charge on any atom is 0.275 e. The zero-order valence-electron chi connectivity index (χ0n) is 18.2. The van der Waals surface area contributed by atoms with Crippen LogP contribution in [0.15, 0.2) is 35.4 Å². The van der Waals surface area contributed by atoms with Crippen molar-refractivity contribution in [1.29, 1.82) is 0 Å². The molecule has 1 atom stereocenters. The minimum absolute atomic E-state index is 0.0225. The highest BCUT2D eigenvalue weighted by atomic mass is 32.1. The Morgan fingerprint density at radius 3 is 2.78 bits per heavy atom. The van der Waals surface area contributed by atoms with Crippen LogP contribution in [-0.2, 0) is 0 Å². The molecule has 0 amide bonds. The van der Waals surface area contributed by atoms with E-state index in [4.69, 9.17) is 4.74 Å². The fraction of sp³-hybridized carbons (Fsp3) is 0.417. The Balaban J connectivity index is 1.53. The van der Waals surface area contributed by atoms with Crippen molar-refractivity contribution in [2.45, 2.75) is 32.8 Å². The number of aromatic nitrogens is 2. The summed E-state index contributed by atoms with van der Waals surface area (Å²) in [5.74, 6) is 5.37. The van der Waals surface area contributed by atoms with Gasteiger partial charge >= 0.3 is 0 Å². The van der Waals surface area contributed by atoms with E-state index in [-0.39, 0.29) is 17.2 Å². The van der Waals surface area contributed by atoms with Crippen molar-refractivity contribution in [2.24, 2.45) is 5.92 Å². The molecule has 0 saturated carbocycles. The van der Waals surface area contributed by atoms with E-state index in [0.717, 1.165) is 19.6 Å². The highest BCUT2D eigenvalue weighted by Crippen LogP contribution is 2.23.